The molecule has 1 aliphatic carbocycles. The fourth-order valence-corrected chi connectivity index (χ4v) is 6.65. The Morgan fingerprint density at radius 3 is 2.51 bits per heavy atom. The molecular formula is C33H24N2. The van der Waals surface area contributed by atoms with Crippen LogP contribution in [-0.4, -0.2) is 10.8 Å². The highest BCUT2D eigenvalue weighted by atomic mass is 15.0. The maximum atomic E-state index is 4.79. The molecule has 0 bridgehead atoms. The molecule has 1 aliphatic heterocycles. The molecule has 0 atom stereocenters. The van der Waals surface area contributed by atoms with Gasteiger partial charge < -0.3 is 4.57 Å². The molecule has 35 heavy (non-hydrogen) atoms. The number of benzene rings is 5. The van der Waals surface area contributed by atoms with Crippen LogP contribution in [0.5, 0.6) is 0 Å². The van der Waals surface area contributed by atoms with E-state index in [0.717, 1.165) is 17.8 Å². The van der Waals surface area contributed by atoms with Gasteiger partial charge in [-0.15, -0.1) is 0 Å². The van der Waals surface area contributed by atoms with Gasteiger partial charge in [0.15, 0.2) is 0 Å². The van der Waals surface area contributed by atoms with E-state index in [0.29, 0.717) is 0 Å². The minimum Gasteiger partial charge on any atom is -0.307 e. The average molecular weight is 449 g/mol. The summed E-state index contributed by atoms with van der Waals surface area (Å²) in [6.07, 6.45) is 2.94. The van der Waals surface area contributed by atoms with Gasteiger partial charge >= 0.3 is 0 Å². The van der Waals surface area contributed by atoms with Gasteiger partial charge in [-0.25, -0.2) is 0 Å². The third-order valence-electron chi connectivity index (χ3n) is 8.20. The molecule has 0 N–H and O–H groups in total. The van der Waals surface area contributed by atoms with E-state index in [1.807, 2.05) is 6.21 Å². The lowest BCUT2D eigenvalue weighted by molar-refractivity contribution is 0.666. The number of nitrogens with zero attached hydrogens (tertiary/aromatic N) is 2. The number of aromatic nitrogens is 1. The summed E-state index contributed by atoms with van der Waals surface area (Å²) in [4.78, 5) is 4.79. The third kappa shape index (κ3) is 2.37. The van der Waals surface area contributed by atoms with Crippen molar-refractivity contribution in [3.63, 3.8) is 0 Å². The van der Waals surface area contributed by atoms with E-state index in [1.165, 1.54) is 60.4 Å². The Bertz CT molecular complexity index is 1900. The summed E-state index contributed by atoms with van der Waals surface area (Å²) in [5, 5.41) is 5.22. The second-order valence-corrected chi connectivity index (χ2v) is 10.4. The monoisotopic (exact) mass is 448 g/mol. The second kappa shape index (κ2) is 6.49. The fraction of sp³-hybridized carbons (Fsp3) is 0.121. The van der Waals surface area contributed by atoms with Gasteiger partial charge in [-0.05, 0) is 62.9 Å². The molecule has 0 saturated heterocycles. The van der Waals surface area contributed by atoms with Crippen molar-refractivity contribution in [1.29, 1.82) is 0 Å². The van der Waals surface area contributed by atoms with Crippen LogP contribution in [0, 0.1) is 0 Å². The average Bonchev–Trinajstić information content (AvgIpc) is 3.55. The van der Waals surface area contributed by atoms with E-state index in [1.54, 1.807) is 0 Å². The van der Waals surface area contributed by atoms with Crippen molar-refractivity contribution in [1.82, 2.24) is 4.57 Å². The summed E-state index contributed by atoms with van der Waals surface area (Å²) in [5.41, 5.74) is 11.6. The molecule has 8 rings (SSSR count). The van der Waals surface area contributed by atoms with Gasteiger partial charge in [0, 0.05) is 28.8 Å². The number of fused-ring (bicyclic) bond motifs is 9. The standard InChI is InChI=1S/C33H24N2/c1-33(2)27-11-5-3-9-22(27)24-15-14-21-18-26-23-10-4-6-12-28(23)35(30(26)19-25(21)31(24)33)29-13-7-8-20-16-17-34-32(20)29/h3-15,17-19H,16H2,1-2H3. The van der Waals surface area contributed by atoms with Gasteiger partial charge in [-0.1, -0.05) is 80.6 Å². The van der Waals surface area contributed by atoms with Crippen LogP contribution in [0.3, 0.4) is 0 Å². The number of hydrogen-bond donors (Lipinski definition) is 0. The first-order chi connectivity index (χ1) is 17.1. The van der Waals surface area contributed by atoms with E-state index < -0.39 is 0 Å². The molecule has 166 valence electrons. The minimum atomic E-state index is -0.0474. The van der Waals surface area contributed by atoms with Crippen LogP contribution in [0.15, 0.2) is 96.0 Å². The van der Waals surface area contributed by atoms with Crippen molar-refractivity contribution in [2.75, 3.05) is 0 Å². The number of rotatable bonds is 1. The second-order valence-electron chi connectivity index (χ2n) is 10.4. The van der Waals surface area contributed by atoms with Crippen LogP contribution < -0.4 is 0 Å². The molecule has 0 spiro atoms. The quantitative estimate of drug-likeness (QED) is 0.240. The van der Waals surface area contributed by atoms with E-state index >= 15 is 0 Å². The number of aliphatic imine (C=N–C) groups is 1. The normalized spacial score (nSPS) is 15.1. The molecule has 0 radical (unpaired) electrons. The van der Waals surface area contributed by atoms with Crippen LogP contribution in [-0.2, 0) is 11.8 Å². The molecule has 2 aliphatic rings. The molecule has 2 heterocycles. The zero-order valence-electron chi connectivity index (χ0n) is 19.8. The molecular weight excluding hydrogens is 424 g/mol. The van der Waals surface area contributed by atoms with Gasteiger partial charge in [-0.3, -0.25) is 4.99 Å². The van der Waals surface area contributed by atoms with Crippen LogP contribution in [0.4, 0.5) is 5.69 Å². The molecule has 2 nitrogen and oxygen atoms in total. The smallest absolute Gasteiger partial charge is 0.0901 e. The van der Waals surface area contributed by atoms with Gasteiger partial charge in [0.05, 0.1) is 22.4 Å². The van der Waals surface area contributed by atoms with Gasteiger partial charge in [0.1, 0.15) is 0 Å². The van der Waals surface area contributed by atoms with Crippen molar-refractivity contribution in [3.05, 3.63) is 108 Å². The fourth-order valence-electron chi connectivity index (χ4n) is 6.65. The van der Waals surface area contributed by atoms with E-state index in [4.69, 9.17) is 4.99 Å². The van der Waals surface area contributed by atoms with Crippen LogP contribution >= 0.6 is 0 Å². The van der Waals surface area contributed by atoms with Crippen LogP contribution in [0.25, 0.3) is 49.4 Å². The maximum absolute atomic E-state index is 4.79. The summed E-state index contributed by atoms with van der Waals surface area (Å²) in [6.45, 7) is 4.74. The van der Waals surface area contributed by atoms with Crippen molar-refractivity contribution in [2.24, 2.45) is 4.99 Å². The van der Waals surface area contributed by atoms with Crippen LogP contribution in [0.1, 0.15) is 30.5 Å². The Morgan fingerprint density at radius 1 is 0.714 bits per heavy atom. The Morgan fingerprint density at radius 2 is 1.57 bits per heavy atom. The van der Waals surface area contributed by atoms with Crippen molar-refractivity contribution < 1.29 is 0 Å². The summed E-state index contributed by atoms with van der Waals surface area (Å²) in [6, 6.07) is 33.7. The highest BCUT2D eigenvalue weighted by Crippen LogP contribution is 2.52. The zero-order chi connectivity index (χ0) is 23.3. The summed E-state index contributed by atoms with van der Waals surface area (Å²) >= 11 is 0. The Labute approximate surface area is 204 Å². The van der Waals surface area contributed by atoms with Gasteiger partial charge in [-0.2, -0.15) is 0 Å². The predicted octanol–water partition coefficient (Wildman–Crippen LogP) is 8.50. The SMILES string of the molecule is CC1(C)c2ccccc2-c2ccc3cc4c5ccccc5n(-c5cccc6c5N=CC6)c4cc3c21. The lowest BCUT2D eigenvalue weighted by atomic mass is 9.80. The predicted molar refractivity (Wildman–Crippen MR) is 148 cm³/mol. The van der Waals surface area contributed by atoms with Gasteiger partial charge in [0.2, 0.25) is 0 Å². The molecule has 6 aromatic rings. The topological polar surface area (TPSA) is 17.3 Å². The Balaban J connectivity index is 1.54. The van der Waals surface area contributed by atoms with E-state index in [9.17, 15) is 0 Å². The molecule has 1 aromatic heterocycles. The summed E-state index contributed by atoms with van der Waals surface area (Å²) in [7, 11) is 0. The first-order valence-electron chi connectivity index (χ1n) is 12.4. The largest absolute Gasteiger partial charge is 0.307 e. The van der Waals surface area contributed by atoms with Crippen molar-refractivity contribution in [2.45, 2.75) is 25.7 Å². The van der Waals surface area contributed by atoms with Gasteiger partial charge in [0.25, 0.3) is 0 Å². The highest BCUT2D eigenvalue weighted by molar-refractivity contribution is 6.15. The summed E-state index contributed by atoms with van der Waals surface area (Å²) < 4.78 is 2.43. The zero-order valence-corrected chi connectivity index (χ0v) is 19.8. The van der Waals surface area contributed by atoms with E-state index in [2.05, 4.69) is 109 Å². The molecule has 0 saturated carbocycles. The first-order valence-corrected chi connectivity index (χ1v) is 12.4. The molecule has 5 aromatic carbocycles. The van der Waals surface area contributed by atoms with Crippen molar-refractivity contribution in [3.8, 4) is 16.8 Å². The Hall–Kier alpha value is -4.17. The lowest BCUT2D eigenvalue weighted by Crippen LogP contribution is -2.15. The molecule has 0 amide bonds. The molecule has 2 heteroatoms. The highest BCUT2D eigenvalue weighted by Gasteiger charge is 2.36. The minimum absolute atomic E-state index is 0.0474. The maximum Gasteiger partial charge on any atom is 0.0901 e. The van der Waals surface area contributed by atoms with Crippen LogP contribution in [0.2, 0.25) is 0 Å². The summed E-state index contributed by atoms with van der Waals surface area (Å²) in [5.74, 6) is 0. The molecule has 0 unspecified atom stereocenters. The lowest BCUT2D eigenvalue weighted by Gasteiger charge is -2.23. The molecule has 0 fully saturated rings. The Kier molecular flexibility index (Phi) is 3.55. The van der Waals surface area contributed by atoms with E-state index in [-0.39, 0.29) is 5.41 Å². The number of hydrogen-bond acceptors (Lipinski definition) is 1. The first kappa shape index (κ1) is 19.2. The third-order valence-corrected chi connectivity index (χ3v) is 8.20. The van der Waals surface area contributed by atoms with Crippen molar-refractivity contribution >= 4 is 44.5 Å². The number of para-hydroxylation sites is 2.